The molecule has 0 bridgehead atoms. The van der Waals surface area contributed by atoms with Crippen LogP contribution in [0.4, 0.5) is 4.39 Å². The van der Waals surface area contributed by atoms with Gasteiger partial charge in [-0.2, -0.15) is 10.2 Å². The molecule has 0 radical (unpaired) electrons. The van der Waals surface area contributed by atoms with E-state index >= 15 is 0 Å². The summed E-state index contributed by atoms with van der Waals surface area (Å²) in [4.78, 5) is 34.2. The van der Waals surface area contributed by atoms with Gasteiger partial charge in [0.05, 0.1) is 22.6 Å². The number of nitriles is 1. The summed E-state index contributed by atoms with van der Waals surface area (Å²) in [7, 11) is 0. The zero-order valence-electron chi connectivity index (χ0n) is 20.3. The minimum absolute atomic E-state index is 0.0334. The van der Waals surface area contributed by atoms with Crippen LogP contribution in [-0.2, 0) is 12.2 Å². The zero-order valence-corrected chi connectivity index (χ0v) is 21.1. The van der Waals surface area contributed by atoms with Crippen LogP contribution >= 0.6 is 11.6 Å². The second kappa shape index (κ2) is 10.0. The Morgan fingerprint density at radius 3 is 2.59 bits per heavy atom. The third-order valence-electron chi connectivity index (χ3n) is 5.27. The quantitative estimate of drug-likeness (QED) is 0.403. The van der Waals surface area contributed by atoms with Crippen molar-refractivity contribution in [3.05, 3.63) is 86.5 Å². The summed E-state index contributed by atoms with van der Waals surface area (Å²) in [5.74, 6) is -0.408. The lowest BCUT2D eigenvalue weighted by atomic mass is 10.1. The molecule has 4 rings (SSSR count). The van der Waals surface area contributed by atoms with Crippen molar-refractivity contribution < 1.29 is 14.2 Å². The molecular formula is C25H21ClFN7O3. The number of nitrogens with zero attached hydrogens (tertiary/aromatic N) is 7. The largest absolute Gasteiger partial charge is 0.470 e. The Labute approximate surface area is 216 Å². The Balaban J connectivity index is 1.76. The summed E-state index contributed by atoms with van der Waals surface area (Å²) in [5, 5.41) is 19.6. The number of hydrogen-bond donors (Lipinski definition) is 1. The van der Waals surface area contributed by atoms with E-state index in [-0.39, 0.29) is 46.1 Å². The molecule has 0 aliphatic heterocycles. The molecule has 37 heavy (non-hydrogen) atoms. The third kappa shape index (κ3) is 5.30. The van der Waals surface area contributed by atoms with Crippen LogP contribution in [0.2, 0.25) is 5.02 Å². The van der Waals surface area contributed by atoms with E-state index < -0.39 is 17.0 Å². The first-order valence-corrected chi connectivity index (χ1v) is 11.4. The highest BCUT2D eigenvalue weighted by molar-refractivity contribution is 6.31. The van der Waals surface area contributed by atoms with Gasteiger partial charge in [0.2, 0.25) is 5.88 Å². The van der Waals surface area contributed by atoms with Gasteiger partial charge in [-0.3, -0.25) is 19.3 Å². The average Bonchev–Trinajstić information content (AvgIpc) is 2.86. The van der Waals surface area contributed by atoms with Gasteiger partial charge in [-0.1, -0.05) is 11.6 Å². The summed E-state index contributed by atoms with van der Waals surface area (Å²) in [5.41, 5.74) is -0.349. The van der Waals surface area contributed by atoms with E-state index in [0.717, 1.165) is 4.57 Å². The second-order valence-corrected chi connectivity index (χ2v) is 9.05. The molecule has 4 aromatic heterocycles. The van der Waals surface area contributed by atoms with Crippen molar-refractivity contribution in [2.24, 2.45) is 0 Å². The molecule has 188 valence electrons. The molecule has 1 N–H and O–H groups in total. The van der Waals surface area contributed by atoms with E-state index in [1.54, 1.807) is 26.8 Å². The predicted octanol–water partition coefficient (Wildman–Crippen LogP) is 3.57. The first kappa shape index (κ1) is 25.8. The summed E-state index contributed by atoms with van der Waals surface area (Å²) in [6.07, 6.45) is 4.27. The summed E-state index contributed by atoms with van der Waals surface area (Å²) in [6, 6.07) is 6.40. The van der Waals surface area contributed by atoms with Gasteiger partial charge < -0.3 is 9.84 Å². The monoisotopic (exact) mass is 521 g/mol. The van der Waals surface area contributed by atoms with Crippen molar-refractivity contribution >= 4 is 11.6 Å². The average molecular weight is 522 g/mol. The fourth-order valence-electron chi connectivity index (χ4n) is 3.42. The van der Waals surface area contributed by atoms with Crippen molar-refractivity contribution in [1.29, 1.82) is 5.26 Å². The van der Waals surface area contributed by atoms with Crippen molar-refractivity contribution in [2.75, 3.05) is 0 Å². The van der Waals surface area contributed by atoms with Crippen LogP contribution in [0, 0.1) is 31.0 Å². The van der Waals surface area contributed by atoms with E-state index in [9.17, 15) is 19.6 Å². The molecule has 0 aromatic carbocycles. The summed E-state index contributed by atoms with van der Waals surface area (Å²) >= 11 is 6.29. The lowest BCUT2D eigenvalue weighted by Crippen LogP contribution is -2.24. The van der Waals surface area contributed by atoms with Gasteiger partial charge in [-0.15, -0.1) is 0 Å². The molecule has 0 saturated heterocycles. The molecule has 10 nitrogen and oxygen atoms in total. The molecule has 0 aliphatic rings. The van der Waals surface area contributed by atoms with Crippen LogP contribution in [0.1, 0.15) is 42.3 Å². The van der Waals surface area contributed by atoms with Gasteiger partial charge >= 0.3 is 0 Å². The molecule has 4 aromatic rings. The van der Waals surface area contributed by atoms with Crippen LogP contribution in [-0.4, -0.2) is 34.6 Å². The number of aliphatic hydroxyl groups is 1. The Hall–Kier alpha value is -4.27. The number of halogens is 2. The Kier molecular flexibility index (Phi) is 6.98. The highest BCUT2D eigenvalue weighted by atomic mass is 35.5. The SMILES string of the molecule is Cc1cnc(COc2nc(C)n(-c3cc(-c4ccnc(C(C)(C)O)n4)ncc3C#N)c(=O)c2Cl)c(F)c1. The van der Waals surface area contributed by atoms with Crippen molar-refractivity contribution in [3.8, 4) is 29.0 Å². The molecular weight excluding hydrogens is 501 g/mol. The van der Waals surface area contributed by atoms with Crippen LogP contribution in [0.3, 0.4) is 0 Å². The lowest BCUT2D eigenvalue weighted by molar-refractivity contribution is 0.0688. The van der Waals surface area contributed by atoms with Crippen LogP contribution in [0.5, 0.6) is 5.88 Å². The van der Waals surface area contributed by atoms with E-state index in [1.807, 2.05) is 6.07 Å². The van der Waals surface area contributed by atoms with Gasteiger partial charge in [0.25, 0.3) is 5.56 Å². The van der Waals surface area contributed by atoms with Crippen LogP contribution < -0.4 is 10.3 Å². The topological polar surface area (TPSA) is 140 Å². The smallest absolute Gasteiger partial charge is 0.280 e. The van der Waals surface area contributed by atoms with Crippen LogP contribution in [0.15, 0.2) is 41.6 Å². The first-order chi connectivity index (χ1) is 17.5. The minimum atomic E-state index is -1.29. The molecule has 0 saturated carbocycles. The number of aromatic nitrogens is 6. The molecule has 0 unspecified atom stereocenters. The Morgan fingerprint density at radius 1 is 1.16 bits per heavy atom. The number of ether oxygens (including phenoxy) is 1. The number of aryl methyl sites for hydroxylation is 2. The highest BCUT2D eigenvalue weighted by Gasteiger charge is 2.22. The van der Waals surface area contributed by atoms with Gasteiger partial charge in [-0.05, 0) is 51.5 Å². The summed E-state index contributed by atoms with van der Waals surface area (Å²) in [6.45, 7) is 6.05. The van der Waals surface area contributed by atoms with E-state index in [2.05, 4.69) is 24.9 Å². The fraction of sp³-hybridized carbons (Fsp3) is 0.240. The summed E-state index contributed by atoms with van der Waals surface area (Å²) < 4.78 is 20.8. The van der Waals surface area contributed by atoms with Gasteiger partial charge in [0.15, 0.2) is 10.8 Å². The Morgan fingerprint density at radius 2 is 1.92 bits per heavy atom. The van der Waals surface area contributed by atoms with Gasteiger partial charge in [0, 0.05) is 18.6 Å². The molecule has 0 spiro atoms. The number of pyridine rings is 2. The maximum Gasteiger partial charge on any atom is 0.280 e. The molecule has 0 atom stereocenters. The highest BCUT2D eigenvalue weighted by Crippen LogP contribution is 2.26. The molecule has 0 fully saturated rings. The Bertz CT molecular complexity index is 1610. The maximum atomic E-state index is 14.1. The van der Waals surface area contributed by atoms with Crippen molar-refractivity contribution in [3.63, 3.8) is 0 Å². The number of rotatable bonds is 6. The number of hydrogen-bond acceptors (Lipinski definition) is 9. The predicted molar refractivity (Wildman–Crippen MR) is 132 cm³/mol. The van der Waals surface area contributed by atoms with Gasteiger partial charge in [-0.25, -0.2) is 14.4 Å². The maximum absolute atomic E-state index is 14.1. The first-order valence-electron chi connectivity index (χ1n) is 11.0. The fourth-order valence-corrected chi connectivity index (χ4v) is 3.60. The van der Waals surface area contributed by atoms with Gasteiger partial charge in [0.1, 0.15) is 35.6 Å². The van der Waals surface area contributed by atoms with Crippen molar-refractivity contribution in [1.82, 2.24) is 29.5 Å². The van der Waals surface area contributed by atoms with E-state index in [0.29, 0.717) is 17.0 Å². The van der Waals surface area contributed by atoms with Crippen LogP contribution in [0.25, 0.3) is 17.1 Å². The molecule has 4 heterocycles. The van der Waals surface area contributed by atoms with E-state index in [1.165, 1.54) is 37.6 Å². The minimum Gasteiger partial charge on any atom is -0.470 e. The molecule has 12 heteroatoms. The lowest BCUT2D eigenvalue weighted by Gasteiger charge is -2.16. The molecule has 0 aliphatic carbocycles. The zero-order chi connectivity index (χ0) is 26.9. The molecule has 0 amide bonds. The van der Waals surface area contributed by atoms with Crippen molar-refractivity contribution in [2.45, 2.75) is 39.9 Å². The normalized spacial score (nSPS) is 11.3. The standard InChI is InChI=1S/C25H21ClFN7O3/c1-13-7-16(27)19(30-10-13)12-37-22-21(26)23(35)34(14(2)32-22)20-8-18(31-11-15(20)9-28)17-5-6-29-24(33-17)25(3,4)36/h5-8,10-11,36H,12H2,1-4H3. The van der Waals surface area contributed by atoms with E-state index in [4.69, 9.17) is 16.3 Å². The second-order valence-electron chi connectivity index (χ2n) is 8.67. The third-order valence-corrected chi connectivity index (χ3v) is 5.60.